The molecule has 1 N–H and O–H groups in total. The molecule has 1 aromatic rings. The van der Waals surface area contributed by atoms with E-state index in [0.717, 1.165) is 6.07 Å². The van der Waals surface area contributed by atoms with Crippen molar-refractivity contribution in [2.75, 3.05) is 6.61 Å². The number of rotatable bonds is 3. The van der Waals surface area contributed by atoms with Crippen LogP contribution < -0.4 is 0 Å². The summed E-state index contributed by atoms with van der Waals surface area (Å²) in [5, 5.41) is 17.8. The number of hydrogen-bond donors (Lipinski definition) is 1. The molecule has 1 rings (SSSR count). The third kappa shape index (κ3) is 3.23. The predicted octanol–water partition coefficient (Wildman–Crippen LogP) is 2.25. The number of nitriles is 1. The van der Waals surface area contributed by atoms with Crippen LogP contribution in [0.4, 0.5) is 13.2 Å². The van der Waals surface area contributed by atoms with Crippen molar-refractivity contribution in [1.82, 2.24) is 0 Å². The zero-order valence-corrected chi connectivity index (χ0v) is 9.91. The molecule has 0 aliphatic rings. The first kappa shape index (κ1) is 15.0. The minimum Gasteiger partial charge on any atom is -0.462 e. The maximum absolute atomic E-state index is 12.8. The van der Waals surface area contributed by atoms with Gasteiger partial charge >= 0.3 is 12.1 Å². The molecule has 0 bridgehead atoms. The summed E-state index contributed by atoms with van der Waals surface area (Å²) in [5.41, 5.74) is -2.54. The summed E-state index contributed by atoms with van der Waals surface area (Å²) in [5.74, 6) is -0.950. The molecular weight excluding hydrogens is 263 g/mol. The Kier molecular flexibility index (Phi) is 4.51. The summed E-state index contributed by atoms with van der Waals surface area (Å²) in [4.78, 5) is 11.4. The van der Waals surface area contributed by atoms with Crippen molar-refractivity contribution in [1.29, 1.82) is 5.26 Å². The van der Waals surface area contributed by atoms with E-state index in [0.29, 0.717) is 6.07 Å². The lowest BCUT2D eigenvalue weighted by atomic mass is 9.98. The zero-order valence-electron chi connectivity index (χ0n) is 9.91. The van der Waals surface area contributed by atoms with Gasteiger partial charge in [0.1, 0.15) is 0 Å². The Morgan fingerprint density at radius 1 is 1.47 bits per heavy atom. The van der Waals surface area contributed by atoms with Gasteiger partial charge in [-0.3, -0.25) is 0 Å². The van der Waals surface area contributed by atoms with Crippen LogP contribution in [0.2, 0.25) is 0 Å². The van der Waals surface area contributed by atoms with Crippen LogP contribution in [0.5, 0.6) is 0 Å². The number of carbonyl (C=O) groups is 1. The zero-order chi connectivity index (χ0) is 14.6. The van der Waals surface area contributed by atoms with Gasteiger partial charge in [-0.25, -0.2) is 4.79 Å². The highest BCUT2D eigenvalue weighted by Gasteiger charge is 2.35. The molecule has 0 radical (unpaired) electrons. The Labute approximate surface area is 107 Å². The minimum absolute atomic E-state index is 0.00379. The van der Waals surface area contributed by atoms with E-state index in [4.69, 9.17) is 10.4 Å². The quantitative estimate of drug-likeness (QED) is 0.857. The molecule has 0 aliphatic carbocycles. The van der Waals surface area contributed by atoms with Gasteiger partial charge in [-0.1, -0.05) is 0 Å². The van der Waals surface area contributed by atoms with Crippen molar-refractivity contribution >= 4 is 5.97 Å². The van der Waals surface area contributed by atoms with Gasteiger partial charge in [-0.2, -0.15) is 18.4 Å². The van der Waals surface area contributed by atoms with Crippen molar-refractivity contribution in [3.63, 3.8) is 0 Å². The summed E-state index contributed by atoms with van der Waals surface area (Å²) in [6.45, 7) is 0.570. The van der Waals surface area contributed by atoms with Crippen molar-refractivity contribution in [3.05, 3.63) is 34.4 Å². The topological polar surface area (TPSA) is 70.3 Å². The maximum atomic E-state index is 12.8. The van der Waals surface area contributed by atoms with E-state index in [2.05, 4.69) is 4.74 Å². The second kappa shape index (κ2) is 5.71. The summed E-state index contributed by atoms with van der Waals surface area (Å²) in [6, 6.07) is 3.07. The molecule has 4 nitrogen and oxygen atoms in total. The van der Waals surface area contributed by atoms with Gasteiger partial charge in [0.25, 0.3) is 0 Å². The molecule has 0 spiro atoms. The van der Waals surface area contributed by atoms with Crippen molar-refractivity contribution < 1.29 is 27.8 Å². The second-order valence-electron chi connectivity index (χ2n) is 3.54. The molecule has 0 saturated heterocycles. The Balaban J connectivity index is 3.48. The normalized spacial score (nSPS) is 10.9. The molecule has 0 fully saturated rings. The van der Waals surface area contributed by atoms with Crippen LogP contribution in [-0.2, 0) is 17.5 Å². The number of esters is 1. The van der Waals surface area contributed by atoms with Crippen molar-refractivity contribution in [2.24, 2.45) is 0 Å². The first-order valence-electron chi connectivity index (χ1n) is 5.27. The van der Waals surface area contributed by atoms with Gasteiger partial charge in [0, 0.05) is 5.56 Å². The van der Waals surface area contributed by atoms with E-state index in [9.17, 15) is 18.0 Å². The third-order valence-electron chi connectivity index (χ3n) is 2.35. The lowest BCUT2D eigenvalue weighted by Gasteiger charge is -2.14. The molecule has 0 atom stereocenters. The Hall–Kier alpha value is -2.07. The van der Waals surface area contributed by atoms with E-state index < -0.39 is 35.4 Å². The lowest BCUT2D eigenvalue weighted by Crippen LogP contribution is -2.14. The largest absolute Gasteiger partial charge is 0.462 e. The molecule has 0 amide bonds. The minimum atomic E-state index is -4.77. The number of nitrogens with zero attached hydrogens (tertiary/aromatic N) is 1. The number of alkyl halides is 3. The van der Waals surface area contributed by atoms with Gasteiger partial charge in [0.15, 0.2) is 0 Å². The highest BCUT2D eigenvalue weighted by atomic mass is 19.4. The molecule has 0 aliphatic heterocycles. The van der Waals surface area contributed by atoms with Crippen LogP contribution in [0, 0.1) is 11.3 Å². The van der Waals surface area contributed by atoms with Crippen LogP contribution in [-0.4, -0.2) is 17.7 Å². The van der Waals surface area contributed by atoms with E-state index in [-0.39, 0.29) is 12.2 Å². The number of ether oxygens (including phenoxy) is 1. The van der Waals surface area contributed by atoms with Crippen molar-refractivity contribution in [3.8, 4) is 6.07 Å². The van der Waals surface area contributed by atoms with E-state index in [1.54, 1.807) is 0 Å². The van der Waals surface area contributed by atoms with Crippen LogP contribution in [0.3, 0.4) is 0 Å². The fourth-order valence-corrected chi connectivity index (χ4v) is 1.53. The Morgan fingerprint density at radius 2 is 2.11 bits per heavy atom. The Bertz CT molecular complexity index is 532. The number of carbonyl (C=O) groups excluding carboxylic acids is 1. The van der Waals surface area contributed by atoms with E-state index in [1.807, 2.05) is 0 Å². The monoisotopic (exact) mass is 273 g/mol. The van der Waals surface area contributed by atoms with E-state index >= 15 is 0 Å². The molecule has 0 heterocycles. The van der Waals surface area contributed by atoms with Crippen LogP contribution >= 0.6 is 0 Å². The first-order chi connectivity index (χ1) is 8.85. The molecular formula is C12H10F3NO3. The average Bonchev–Trinajstić information content (AvgIpc) is 2.36. The highest BCUT2D eigenvalue weighted by molar-refractivity contribution is 5.90. The SMILES string of the molecule is CCOC(=O)c1cc(C#N)c(CO)c(C(F)(F)F)c1. The van der Waals surface area contributed by atoms with Gasteiger partial charge in [0.2, 0.25) is 0 Å². The summed E-state index contributed by atoms with van der Waals surface area (Å²) in [6.07, 6.45) is -4.77. The smallest absolute Gasteiger partial charge is 0.416 e. The second-order valence-corrected chi connectivity index (χ2v) is 3.54. The van der Waals surface area contributed by atoms with E-state index in [1.165, 1.54) is 13.0 Å². The standard InChI is InChI=1S/C12H10F3NO3/c1-2-19-11(18)7-3-8(5-16)9(6-17)10(4-7)12(13,14)15/h3-4,17H,2,6H2,1H3. The molecule has 0 aromatic heterocycles. The van der Waals surface area contributed by atoms with Crippen LogP contribution in [0.1, 0.15) is 34.0 Å². The summed E-state index contributed by atoms with van der Waals surface area (Å²) < 4.78 is 43.0. The average molecular weight is 273 g/mol. The van der Waals surface area contributed by atoms with Gasteiger partial charge < -0.3 is 9.84 Å². The van der Waals surface area contributed by atoms with Crippen LogP contribution in [0.15, 0.2) is 12.1 Å². The Morgan fingerprint density at radius 3 is 2.53 bits per heavy atom. The fraction of sp³-hybridized carbons (Fsp3) is 0.333. The van der Waals surface area contributed by atoms with Gasteiger partial charge in [0.05, 0.1) is 36.0 Å². The molecule has 0 saturated carbocycles. The maximum Gasteiger partial charge on any atom is 0.416 e. The predicted molar refractivity (Wildman–Crippen MR) is 58.0 cm³/mol. The first-order valence-corrected chi connectivity index (χ1v) is 5.27. The highest BCUT2D eigenvalue weighted by Crippen LogP contribution is 2.34. The van der Waals surface area contributed by atoms with Gasteiger partial charge in [-0.15, -0.1) is 0 Å². The number of aliphatic hydroxyl groups excluding tert-OH is 1. The molecule has 0 unspecified atom stereocenters. The lowest BCUT2D eigenvalue weighted by molar-refractivity contribution is -0.138. The molecule has 1 aromatic carbocycles. The number of hydrogen-bond acceptors (Lipinski definition) is 4. The fourth-order valence-electron chi connectivity index (χ4n) is 1.53. The summed E-state index contributed by atoms with van der Waals surface area (Å²) in [7, 11) is 0. The molecule has 7 heteroatoms. The molecule has 102 valence electrons. The number of aliphatic hydroxyl groups is 1. The van der Waals surface area contributed by atoms with Crippen LogP contribution in [0.25, 0.3) is 0 Å². The summed E-state index contributed by atoms with van der Waals surface area (Å²) >= 11 is 0. The third-order valence-corrected chi connectivity index (χ3v) is 2.35. The van der Waals surface area contributed by atoms with Gasteiger partial charge in [-0.05, 0) is 19.1 Å². The number of halogens is 3. The number of benzene rings is 1. The van der Waals surface area contributed by atoms with Crippen molar-refractivity contribution in [2.45, 2.75) is 19.7 Å². The molecule has 19 heavy (non-hydrogen) atoms.